The fourth-order valence-corrected chi connectivity index (χ4v) is 2.81. The van der Waals surface area contributed by atoms with E-state index in [1.807, 2.05) is 25.3 Å². The average Bonchev–Trinajstić information content (AvgIpc) is 2.47. The minimum Gasteiger partial charge on any atom is -0.493 e. The number of nitrogens with zero attached hydrogens (tertiary/aromatic N) is 2. The Bertz CT molecular complexity index is 488. The van der Waals surface area contributed by atoms with Crippen LogP contribution >= 0.6 is 0 Å². The minimum atomic E-state index is 0.741. The van der Waals surface area contributed by atoms with Gasteiger partial charge in [0, 0.05) is 14.1 Å². The quantitative estimate of drug-likeness (QED) is 0.589. The van der Waals surface area contributed by atoms with E-state index in [1.165, 1.54) is 37.7 Å². The Hall–Kier alpha value is -1.51. The second kappa shape index (κ2) is 7.48. The molecule has 1 aromatic carbocycles. The first kappa shape index (κ1) is 15.9. The molecule has 0 aromatic heterocycles. The van der Waals surface area contributed by atoms with Gasteiger partial charge in [-0.2, -0.15) is 0 Å². The van der Waals surface area contributed by atoms with Gasteiger partial charge in [0.1, 0.15) is 5.75 Å². The van der Waals surface area contributed by atoms with E-state index in [9.17, 15) is 0 Å². The molecule has 1 aliphatic carbocycles. The maximum Gasteiger partial charge on any atom is 0.122 e. The molecular weight excluding hydrogens is 260 g/mol. The summed E-state index contributed by atoms with van der Waals surface area (Å²) in [6.45, 7) is 5.06. The number of hydrogen-bond donors (Lipinski definition) is 0. The van der Waals surface area contributed by atoms with Gasteiger partial charge >= 0.3 is 0 Å². The van der Waals surface area contributed by atoms with E-state index in [0.29, 0.717) is 0 Å². The van der Waals surface area contributed by atoms with Crippen LogP contribution in [0.15, 0.2) is 17.1 Å². The summed E-state index contributed by atoms with van der Waals surface area (Å²) in [4.78, 5) is 6.45. The van der Waals surface area contributed by atoms with E-state index in [1.54, 1.807) is 0 Å². The van der Waals surface area contributed by atoms with Crippen LogP contribution in [0, 0.1) is 19.8 Å². The number of aliphatic imine (C=N–C) groups is 1. The molecule has 1 saturated carbocycles. The summed E-state index contributed by atoms with van der Waals surface area (Å²) in [5.41, 5.74) is 3.35. The third kappa shape index (κ3) is 4.76. The predicted octanol–water partition coefficient (Wildman–Crippen LogP) is 4.48. The van der Waals surface area contributed by atoms with Crippen molar-refractivity contribution in [3.8, 4) is 5.75 Å². The minimum absolute atomic E-state index is 0.741. The van der Waals surface area contributed by atoms with Gasteiger partial charge in [0.05, 0.1) is 18.6 Å². The summed E-state index contributed by atoms with van der Waals surface area (Å²) in [5.74, 6) is 1.76. The molecule has 3 nitrogen and oxygen atoms in total. The van der Waals surface area contributed by atoms with Gasteiger partial charge in [-0.1, -0.05) is 19.3 Å². The first-order valence-electron chi connectivity index (χ1n) is 8.01. The first-order valence-corrected chi connectivity index (χ1v) is 8.01. The molecule has 0 bridgehead atoms. The number of hydrogen-bond acceptors (Lipinski definition) is 2. The number of aryl methyl sites for hydroxylation is 2. The fourth-order valence-electron chi connectivity index (χ4n) is 2.81. The summed E-state index contributed by atoms with van der Waals surface area (Å²) in [5, 5.41) is 0. The Morgan fingerprint density at radius 2 is 1.86 bits per heavy atom. The molecule has 116 valence electrons. The normalized spacial score (nSPS) is 16.4. The van der Waals surface area contributed by atoms with Crippen LogP contribution in [0.5, 0.6) is 5.75 Å². The highest BCUT2D eigenvalue weighted by atomic mass is 16.5. The third-order valence-corrected chi connectivity index (χ3v) is 4.12. The molecule has 0 N–H and O–H groups in total. The molecule has 0 aliphatic heterocycles. The average molecular weight is 288 g/mol. The van der Waals surface area contributed by atoms with Gasteiger partial charge in [0.2, 0.25) is 0 Å². The van der Waals surface area contributed by atoms with Gasteiger partial charge in [0.25, 0.3) is 0 Å². The summed E-state index contributed by atoms with van der Waals surface area (Å²) in [6.07, 6.45) is 8.61. The summed E-state index contributed by atoms with van der Waals surface area (Å²) in [6, 6.07) is 4.24. The van der Waals surface area contributed by atoms with Gasteiger partial charge in [-0.05, 0) is 55.9 Å². The number of benzene rings is 1. The van der Waals surface area contributed by atoms with Crippen LogP contribution in [0.2, 0.25) is 0 Å². The van der Waals surface area contributed by atoms with Crippen molar-refractivity contribution in [2.24, 2.45) is 10.9 Å². The Labute approximate surface area is 129 Å². The van der Waals surface area contributed by atoms with Gasteiger partial charge in [0.15, 0.2) is 0 Å². The SMILES string of the molecule is Cc1cc(OCC2CCCCC2)c(C)cc1N=CN(C)C. The standard InChI is InChI=1S/C18H28N2O/c1-14-11-18(21-12-16-8-6-5-7-9-16)15(2)10-17(14)19-13-20(3)4/h10-11,13,16H,5-9,12H2,1-4H3. The highest BCUT2D eigenvalue weighted by molar-refractivity contribution is 5.64. The summed E-state index contributed by atoms with van der Waals surface area (Å²) in [7, 11) is 3.96. The van der Waals surface area contributed by atoms with Crippen LogP contribution in [0.3, 0.4) is 0 Å². The maximum atomic E-state index is 6.08. The number of ether oxygens (including phenoxy) is 1. The zero-order valence-electron chi connectivity index (χ0n) is 13.9. The molecule has 0 unspecified atom stereocenters. The highest BCUT2D eigenvalue weighted by Crippen LogP contribution is 2.30. The zero-order valence-corrected chi connectivity index (χ0v) is 13.9. The molecule has 0 spiro atoms. The van der Waals surface area contributed by atoms with Crippen LogP contribution in [0.1, 0.15) is 43.2 Å². The Morgan fingerprint density at radius 3 is 2.52 bits per heavy atom. The van der Waals surface area contributed by atoms with Crippen molar-refractivity contribution in [1.29, 1.82) is 0 Å². The van der Waals surface area contributed by atoms with Crippen molar-refractivity contribution in [1.82, 2.24) is 4.90 Å². The smallest absolute Gasteiger partial charge is 0.122 e. The second-order valence-electron chi connectivity index (χ2n) is 6.43. The molecule has 0 atom stereocenters. The van der Waals surface area contributed by atoms with Crippen molar-refractivity contribution < 1.29 is 4.74 Å². The number of rotatable bonds is 5. The maximum absolute atomic E-state index is 6.08. The van der Waals surface area contributed by atoms with Crippen LogP contribution < -0.4 is 4.74 Å². The molecule has 21 heavy (non-hydrogen) atoms. The van der Waals surface area contributed by atoms with E-state index in [4.69, 9.17) is 4.74 Å². The van der Waals surface area contributed by atoms with Gasteiger partial charge in [-0.25, -0.2) is 4.99 Å². The van der Waals surface area contributed by atoms with E-state index in [0.717, 1.165) is 29.5 Å². The molecule has 0 heterocycles. The van der Waals surface area contributed by atoms with Gasteiger partial charge < -0.3 is 9.64 Å². The van der Waals surface area contributed by atoms with E-state index < -0.39 is 0 Å². The molecular formula is C18H28N2O. The Balaban J connectivity index is 2.01. The van der Waals surface area contributed by atoms with Crippen molar-refractivity contribution >= 4 is 12.0 Å². The van der Waals surface area contributed by atoms with Crippen molar-refractivity contribution in [3.05, 3.63) is 23.3 Å². The van der Waals surface area contributed by atoms with E-state index in [2.05, 4.69) is 31.0 Å². The van der Waals surface area contributed by atoms with E-state index in [-0.39, 0.29) is 0 Å². The van der Waals surface area contributed by atoms with Crippen LogP contribution in [-0.2, 0) is 0 Å². The second-order valence-corrected chi connectivity index (χ2v) is 6.43. The van der Waals surface area contributed by atoms with E-state index >= 15 is 0 Å². The Morgan fingerprint density at radius 1 is 1.14 bits per heavy atom. The molecule has 1 aliphatic rings. The highest BCUT2D eigenvalue weighted by Gasteiger charge is 2.14. The molecule has 3 heteroatoms. The van der Waals surface area contributed by atoms with Gasteiger partial charge in [-0.3, -0.25) is 0 Å². The van der Waals surface area contributed by atoms with Crippen molar-refractivity contribution in [2.75, 3.05) is 20.7 Å². The lowest BCUT2D eigenvalue weighted by Crippen LogP contribution is -2.15. The lowest BCUT2D eigenvalue weighted by atomic mass is 9.90. The van der Waals surface area contributed by atoms with Crippen LogP contribution in [-0.4, -0.2) is 31.9 Å². The molecule has 0 radical (unpaired) electrons. The summed E-state index contributed by atoms with van der Waals surface area (Å²) < 4.78 is 6.08. The zero-order chi connectivity index (χ0) is 15.2. The summed E-state index contributed by atoms with van der Waals surface area (Å²) >= 11 is 0. The monoisotopic (exact) mass is 288 g/mol. The largest absolute Gasteiger partial charge is 0.493 e. The molecule has 1 aromatic rings. The lowest BCUT2D eigenvalue weighted by Gasteiger charge is -2.22. The van der Waals surface area contributed by atoms with Crippen molar-refractivity contribution in [2.45, 2.75) is 46.0 Å². The molecule has 2 rings (SSSR count). The van der Waals surface area contributed by atoms with Crippen molar-refractivity contribution in [3.63, 3.8) is 0 Å². The van der Waals surface area contributed by atoms with Crippen LogP contribution in [0.4, 0.5) is 5.69 Å². The third-order valence-electron chi connectivity index (χ3n) is 4.12. The molecule has 0 saturated heterocycles. The van der Waals surface area contributed by atoms with Crippen LogP contribution in [0.25, 0.3) is 0 Å². The molecule has 1 fully saturated rings. The fraction of sp³-hybridized carbons (Fsp3) is 0.611. The van der Waals surface area contributed by atoms with Gasteiger partial charge in [-0.15, -0.1) is 0 Å². The first-order chi connectivity index (χ1) is 10.1. The lowest BCUT2D eigenvalue weighted by molar-refractivity contribution is 0.208. The molecule has 0 amide bonds. The topological polar surface area (TPSA) is 24.8 Å². The predicted molar refractivity (Wildman–Crippen MR) is 89.8 cm³/mol. The Kier molecular flexibility index (Phi) is 5.66.